The molecule has 0 spiro atoms. The second-order valence-corrected chi connectivity index (χ2v) is 7.53. The van der Waals surface area contributed by atoms with Crippen molar-refractivity contribution in [3.05, 3.63) is 59.7 Å². The Morgan fingerprint density at radius 2 is 1.81 bits per heavy atom. The molecular formula is C21H21NO4S. The number of rotatable bonds is 6. The van der Waals surface area contributed by atoms with Crippen molar-refractivity contribution in [2.24, 2.45) is 0 Å². The summed E-state index contributed by atoms with van der Waals surface area (Å²) in [6.45, 7) is 3.16. The number of thioether (sulfide) groups is 1. The number of carbonyl (C=O) groups is 3. The van der Waals surface area contributed by atoms with Crippen molar-refractivity contribution in [3.63, 3.8) is 0 Å². The Morgan fingerprint density at radius 1 is 1.11 bits per heavy atom. The van der Waals surface area contributed by atoms with E-state index in [9.17, 15) is 14.4 Å². The van der Waals surface area contributed by atoms with Crippen molar-refractivity contribution in [2.75, 3.05) is 17.3 Å². The van der Waals surface area contributed by atoms with Crippen LogP contribution in [0.3, 0.4) is 0 Å². The molecular weight excluding hydrogens is 362 g/mol. The van der Waals surface area contributed by atoms with Gasteiger partial charge in [0.2, 0.25) is 0 Å². The SMILES string of the molecule is CC(=O)CSc1ccccc1C(=O)OCC(=O)N1c2ccccc2C[C@@H]1C. The number of fused-ring (bicyclic) bond motifs is 1. The molecule has 0 unspecified atom stereocenters. The Balaban J connectivity index is 1.66. The third-order valence-corrected chi connectivity index (χ3v) is 5.56. The van der Waals surface area contributed by atoms with Crippen molar-refractivity contribution in [3.8, 4) is 0 Å². The van der Waals surface area contributed by atoms with E-state index in [0.717, 1.165) is 17.7 Å². The summed E-state index contributed by atoms with van der Waals surface area (Å²) in [4.78, 5) is 38.7. The Labute approximate surface area is 162 Å². The maximum Gasteiger partial charge on any atom is 0.339 e. The van der Waals surface area contributed by atoms with Crippen LogP contribution in [0.25, 0.3) is 0 Å². The maximum absolute atomic E-state index is 12.7. The van der Waals surface area contributed by atoms with Gasteiger partial charge >= 0.3 is 5.97 Å². The largest absolute Gasteiger partial charge is 0.452 e. The molecule has 0 N–H and O–H groups in total. The van der Waals surface area contributed by atoms with Gasteiger partial charge in [-0.1, -0.05) is 30.3 Å². The summed E-state index contributed by atoms with van der Waals surface area (Å²) in [5.74, 6) is -0.490. The predicted octanol–water partition coefficient (Wildman–Crippen LogP) is 3.50. The van der Waals surface area contributed by atoms with Gasteiger partial charge in [-0.3, -0.25) is 9.59 Å². The van der Waals surface area contributed by atoms with E-state index in [2.05, 4.69) is 0 Å². The fraction of sp³-hybridized carbons (Fsp3) is 0.286. The van der Waals surface area contributed by atoms with Crippen LogP contribution in [0.4, 0.5) is 5.69 Å². The lowest BCUT2D eigenvalue weighted by atomic mass is 10.1. The molecule has 5 nitrogen and oxygen atoms in total. The average molecular weight is 383 g/mol. The number of benzene rings is 2. The van der Waals surface area contributed by atoms with E-state index in [4.69, 9.17) is 4.74 Å². The minimum Gasteiger partial charge on any atom is -0.452 e. The summed E-state index contributed by atoms with van der Waals surface area (Å²) in [5, 5.41) is 0. The molecule has 1 aliphatic rings. The Morgan fingerprint density at radius 3 is 2.59 bits per heavy atom. The van der Waals surface area contributed by atoms with Gasteiger partial charge < -0.3 is 9.64 Å². The summed E-state index contributed by atoms with van der Waals surface area (Å²) in [7, 11) is 0. The fourth-order valence-corrected chi connectivity index (χ4v) is 4.00. The van der Waals surface area contributed by atoms with Crippen LogP contribution in [0, 0.1) is 0 Å². The van der Waals surface area contributed by atoms with Gasteiger partial charge in [-0.2, -0.15) is 0 Å². The van der Waals surface area contributed by atoms with Gasteiger partial charge in [0.1, 0.15) is 5.78 Å². The van der Waals surface area contributed by atoms with Gasteiger partial charge in [0.15, 0.2) is 6.61 Å². The van der Waals surface area contributed by atoms with Gasteiger partial charge in [-0.25, -0.2) is 4.79 Å². The second-order valence-electron chi connectivity index (χ2n) is 6.51. The van der Waals surface area contributed by atoms with Gasteiger partial charge in [-0.15, -0.1) is 11.8 Å². The number of para-hydroxylation sites is 1. The molecule has 0 aliphatic carbocycles. The van der Waals surface area contributed by atoms with Gasteiger partial charge in [0, 0.05) is 16.6 Å². The number of hydrogen-bond donors (Lipinski definition) is 0. The van der Waals surface area contributed by atoms with Crippen molar-refractivity contribution < 1.29 is 19.1 Å². The van der Waals surface area contributed by atoms with E-state index < -0.39 is 5.97 Å². The van der Waals surface area contributed by atoms with Crippen LogP contribution >= 0.6 is 11.8 Å². The number of anilines is 1. The first kappa shape index (κ1) is 19.2. The number of esters is 1. The van der Waals surface area contributed by atoms with Crippen LogP contribution in [0.15, 0.2) is 53.4 Å². The van der Waals surface area contributed by atoms with Crippen molar-refractivity contribution in [2.45, 2.75) is 31.2 Å². The second kappa shape index (κ2) is 8.39. The first-order chi connectivity index (χ1) is 13.0. The van der Waals surface area contributed by atoms with E-state index in [1.54, 1.807) is 29.2 Å². The van der Waals surface area contributed by atoms with Crippen LogP contribution in [0.5, 0.6) is 0 Å². The summed E-state index contributed by atoms with van der Waals surface area (Å²) in [6.07, 6.45) is 0.792. The summed E-state index contributed by atoms with van der Waals surface area (Å²) < 4.78 is 5.28. The lowest BCUT2D eigenvalue weighted by Gasteiger charge is -2.22. The first-order valence-corrected chi connectivity index (χ1v) is 9.74. The Kier molecular flexibility index (Phi) is 5.96. The molecule has 1 amide bonds. The zero-order chi connectivity index (χ0) is 19.4. The average Bonchev–Trinajstić information content (AvgIpc) is 3.00. The fourth-order valence-electron chi connectivity index (χ4n) is 3.16. The number of nitrogens with zero attached hydrogens (tertiary/aromatic N) is 1. The lowest BCUT2D eigenvalue weighted by Crippen LogP contribution is -2.38. The minimum absolute atomic E-state index is 0.0278. The number of ether oxygens (including phenoxy) is 1. The maximum atomic E-state index is 12.7. The third-order valence-electron chi connectivity index (χ3n) is 4.34. The molecule has 1 atom stereocenters. The number of Topliss-reactive ketones (excluding diaryl/α,β-unsaturated/α-hetero) is 1. The molecule has 0 saturated heterocycles. The Hall–Kier alpha value is -2.60. The number of amides is 1. The van der Waals surface area contributed by atoms with E-state index >= 15 is 0 Å². The molecule has 2 aromatic rings. The molecule has 0 bridgehead atoms. The van der Waals surface area contributed by atoms with E-state index in [-0.39, 0.29) is 30.1 Å². The molecule has 27 heavy (non-hydrogen) atoms. The first-order valence-electron chi connectivity index (χ1n) is 8.75. The predicted molar refractivity (Wildman–Crippen MR) is 105 cm³/mol. The Bertz CT molecular complexity index is 880. The molecule has 2 aromatic carbocycles. The van der Waals surface area contributed by atoms with Crippen LogP contribution in [0.1, 0.15) is 29.8 Å². The van der Waals surface area contributed by atoms with E-state index in [1.165, 1.54) is 18.7 Å². The topological polar surface area (TPSA) is 63.7 Å². The monoisotopic (exact) mass is 383 g/mol. The third kappa shape index (κ3) is 4.39. The summed E-state index contributed by atoms with van der Waals surface area (Å²) >= 11 is 1.29. The molecule has 140 valence electrons. The van der Waals surface area contributed by atoms with Crippen LogP contribution in [-0.2, 0) is 20.7 Å². The highest BCUT2D eigenvalue weighted by molar-refractivity contribution is 8.00. The highest BCUT2D eigenvalue weighted by Crippen LogP contribution is 2.32. The zero-order valence-electron chi connectivity index (χ0n) is 15.3. The van der Waals surface area contributed by atoms with Crippen molar-refractivity contribution >= 4 is 35.1 Å². The summed E-state index contributed by atoms with van der Waals surface area (Å²) in [5.41, 5.74) is 2.37. The van der Waals surface area contributed by atoms with E-state index in [1.807, 2.05) is 31.2 Å². The quantitative estimate of drug-likeness (QED) is 0.564. The lowest BCUT2D eigenvalue weighted by molar-refractivity contribution is -0.122. The smallest absolute Gasteiger partial charge is 0.339 e. The molecule has 0 saturated carbocycles. The molecule has 6 heteroatoms. The van der Waals surface area contributed by atoms with Gasteiger partial charge in [0.05, 0.1) is 11.3 Å². The highest BCUT2D eigenvalue weighted by atomic mass is 32.2. The minimum atomic E-state index is -0.560. The standard InChI is InChI=1S/C21H21NO4S/c1-14-11-16-7-3-5-9-18(16)22(14)20(24)12-26-21(25)17-8-4-6-10-19(17)27-13-15(2)23/h3-10,14H,11-13H2,1-2H3/t14-/m0/s1. The van der Waals surface area contributed by atoms with Gasteiger partial charge in [0.25, 0.3) is 5.91 Å². The van der Waals surface area contributed by atoms with Crippen LogP contribution in [-0.4, -0.2) is 36.1 Å². The molecule has 3 rings (SSSR count). The van der Waals surface area contributed by atoms with Crippen molar-refractivity contribution in [1.29, 1.82) is 0 Å². The number of carbonyl (C=O) groups excluding carboxylic acids is 3. The zero-order valence-corrected chi connectivity index (χ0v) is 16.1. The van der Waals surface area contributed by atoms with Crippen LogP contribution < -0.4 is 4.90 Å². The highest BCUT2D eigenvalue weighted by Gasteiger charge is 2.31. The normalized spacial score (nSPS) is 15.3. The number of ketones is 1. The van der Waals surface area contributed by atoms with Gasteiger partial charge in [-0.05, 0) is 44.0 Å². The summed E-state index contributed by atoms with van der Waals surface area (Å²) in [6, 6.07) is 14.7. The molecule has 0 radical (unpaired) electrons. The molecule has 0 aromatic heterocycles. The van der Waals surface area contributed by atoms with E-state index in [0.29, 0.717) is 10.5 Å². The van der Waals surface area contributed by atoms with Crippen molar-refractivity contribution in [1.82, 2.24) is 0 Å². The molecule has 1 heterocycles. The van der Waals surface area contributed by atoms with Crippen LogP contribution in [0.2, 0.25) is 0 Å². The molecule has 0 fully saturated rings. The molecule has 1 aliphatic heterocycles. The number of hydrogen-bond acceptors (Lipinski definition) is 5.